The lowest BCUT2D eigenvalue weighted by Gasteiger charge is -2.12. The summed E-state index contributed by atoms with van der Waals surface area (Å²) in [6.07, 6.45) is 0. The van der Waals surface area contributed by atoms with Crippen LogP contribution in [-0.4, -0.2) is 36.1 Å². The normalized spacial score (nSPS) is 11.0. The summed E-state index contributed by atoms with van der Waals surface area (Å²) in [6, 6.07) is 4.99. The van der Waals surface area contributed by atoms with Crippen LogP contribution in [0.25, 0.3) is 0 Å². The van der Waals surface area contributed by atoms with Gasteiger partial charge in [0.15, 0.2) is 6.61 Å². The first kappa shape index (κ1) is 18.7. The number of esters is 1. The number of ether oxygens (including phenoxy) is 1. The van der Waals surface area contributed by atoms with Crippen LogP contribution in [0.2, 0.25) is 0 Å². The van der Waals surface area contributed by atoms with Crippen molar-refractivity contribution < 1.29 is 23.6 Å². The molecule has 2 aromatic heterocycles. The molecule has 0 aliphatic rings. The lowest BCUT2D eigenvalue weighted by atomic mass is 9.92. The first-order valence-corrected chi connectivity index (χ1v) is 8.38. The molecule has 0 aromatic carbocycles. The number of carbonyl (C=O) groups excluding carboxylic acids is 3. The third-order valence-corrected chi connectivity index (χ3v) is 3.91. The molecule has 2 amide bonds. The molecule has 134 valence electrons. The molecule has 8 nitrogen and oxygen atoms in total. The third-order valence-electron chi connectivity index (χ3n) is 3.04. The molecule has 2 aromatic rings. The van der Waals surface area contributed by atoms with Gasteiger partial charge in [-0.2, -0.15) is 0 Å². The monoisotopic (exact) mass is 365 g/mol. The predicted octanol–water partition coefficient (Wildman–Crippen LogP) is 1.95. The van der Waals surface area contributed by atoms with E-state index in [1.807, 2.05) is 20.8 Å². The van der Waals surface area contributed by atoms with Crippen LogP contribution in [0, 0.1) is 0 Å². The summed E-state index contributed by atoms with van der Waals surface area (Å²) < 4.78 is 9.80. The summed E-state index contributed by atoms with van der Waals surface area (Å²) in [6.45, 7) is 5.08. The SMILES string of the molecule is CC(C)(C)c1cc(NC(=O)COC(=O)CNC(=O)c2cccs2)on1. The van der Waals surface area contributed by atoms with Gasteiger partial charge in [-0.1, -0.05) is 32.0 Å². The summed E-state index contributed by atoms with van der Waals surface area (Å²) in [5.41, 5.74) is 0.482. The number of hydrogen-bond acceptors (Lipinski definition) is 7. The number of rotatable bonds is 6. The molecule has 9 heteroatoms. The van der Waals surface area contributed by atoms with Crippen LogP contribution in [0.1, 0.15) is 36.1 Å². The van der Waals surface area contributed by atoms with Gasteiger partial charge in [-0.3, -0.25) is 19.7 Å². The molecule has 0 aliphatic heterocycles. The van der Waals surface area contributed by atoms with Crippen LogP contribution < -0.4 is 10.6 Å². The topological polar surface area (TPSA) is 111 Å². The molecule has 0 spiro atoms. The quantitative estimate of drug-likeness (QED) is 0.757. The van der Waals surface area contributed by atoms with Crippen LogP contribution in [-0.2, 0) is 19.7 Å². The van der Waals surface area contributed by atoms with E-state index in [2.05, 4.69) is 15.8 Å². The number of hydrogen-bond donors (Lipinski definition) is 2. The van der Waals surface area contributed by atoms with Crippen molar-refractivity contribution in [2.45, 2.75) is 26.2 Å². The number of nitrogens with one attached hydrogen (secondary N) is 2. The van der Waals surface area contributed by atoms with Crippen molar-refractivity contribution in [2.24, 2.45) is 0 Å². The number of carbonyl (C=O) groups is 3. The Morgan fingerprint density at radius 1 is 1.32 bits per heavy atom. The zero-order valence-corrected chi connectivity index (χ0v) is 14.9. The minimum atomic E-state index is -0.715. The molecule has 0 fully saturated rings. The van der Waals surface area contributed by atoms with Crippen molar-refractivity contribution in [3.05, 3.63) is 34.2 Å². The largest absolute Gasteiger partial charge is 0.454 e. The van der Waals surface area contributed by atoms with Gasteiger partial charge >= 0.3 is 5.97 Å². The molecule has 2 rings (SSSR count). The van der Waals surface area contributed by atoms with Gasteiger partial charge in [-0.25, -0.2) is 0 Å². The summed E-state index contributed by atoms with van der Waals surface area (Å²) in [5.74, 6) is -1.47. The maximum Gasteiger partial charge on any atom is 0.325 e. The van der Waals surface area contributed by atoms with Gasteiger partial charge in [-0.15, -0.1) is 11.3 Å². The van der Waals surface area contributed by atoms with Crippen LogP contribution in [0.5, 0.6) is 0 Å². The van der Waals surface area contributed by atoms with Crippen molar-refractivity contribution >= 4 is 35.0 Å². The Balaban J connectivity index is 1.71. The Kier molecular flexibility index (Phi) is 5.92. The van der Waals surface area contributed by atoms with E-state index in [0.29, 0.717) is 10.6 Å². The van der Waals surface area contributed by atoms with Gasteiger partial charge in [-0.05, 0) is 11.4 Å². The Bertz CT molecular complexity index is 746. The highest BCUT2D eigenvalue weighted by molar-refractivity contribution is 7.12. The molecule has 0 atom stereocenters. The second-order valence-corrected chi connectivity index (χ2v) is 7.14. The van der Waals surface area contributed by atoms with Gasteiger partial charge in [0.1, 0.15) is 6.54 Å². The highest BCUT2D eigenvalue weighted by atomic mass is 32.1. The fourth-order valence-electron chi connectivity index (χ4n) is 1.71. The second-order valence-electron chi connectivity index (χ2n) is 6.20. The van der Waals surface area contributed by atoms with Gasteiger partial charge in [0.2, 0.25) is 5.88 Å². The van der Waals surface area contributed by atoms with E-state index in [-0.39, 0.29) is 23.8 Å². The molecule has 0 saturated carbocycles. The molecule has 0 saturated heterocycles. The average molecular weight is 365 g/mol. The minimum Gasteiger partial charge on any atom is -0.454 e. The Hall–Kier alpha value is -2.68. The third kappa shape index (κ3) is 5.71. The summed E-state index contributed by atoms with van der Waals surface area (Å²) in [5, 5.41) is 10.5. The first-order valence-electron chi connectivity index (χ1n) is 7.50. The predicted molar refractivity (Wildman–Crippen MR) is 91.4 cm³/mol. The zero-order valence-electron chi connectivity index (χ0n) is 14.1. The molecule has 0 unspecified atom stereocenters. The lowest BCUT2D eigenvalue weighted by molar-refractivity contribution is -0.146. The lowest BCUT2D eigenvalue weighted by Crippen LogP contribution is -2.31. The van der Waals surface area contributed by atoms with Crippen LogP contribution in [0.4, 0.5) is 5.88 Å². The number of amides is 2. The van der Waals surface area contributed by atoms with E-state index in [4.69, 9.17) is 9.26 Å². The van der Waals surface area contributed by atoms with Gasteiger partial charge < -0.3 is 14.6 Å². The summed E-state index contributed by atoms with van der Waals surface area (Å²) in [4.78, 5) is 35.5. The molecule has 2 heterocycles. The van der Waals surface area contributed by atoms with Crippen molar-refractivity contribution in [3.63, 3.8) is 0 Å². The highest BCUT2D eigenvalue weighted by Gasteiger charge is 2.20. The van der Waals surface area contributed by atoms with Gasteiger partial charge in [0, 0.05) is 11.5 Å². The van der Waals surface area contributed by atoms with E-state index in [0.717, 1.165) is 0 Å². The second kappa shape index (κ2) is 7.93. The molecule has 0 aliphatic carbocycles. The zero-order chi connectivity index (χ0) is 18.4. The fourth-order valence-corrected chi connectivity index (χ4v) is 2.35. The van der Waals surface area contributed by atoms with E-state index >= 15 is 0 Å². The van der Waals surface area contributed by atoms with Gasteiger partial charge in [0.25, 0.3) is 11.8 Å². The molecule has 2 N–H and O–H groups in total. The van der Waals surface area contributed by atoms with Crippen molar-refractivity contribution in [2.75, 3.05) is 18.5 Å². The number of anilines is 1. The van der Waals surface area contributed by atoms with Crippen molar-refractivity contribution in [3.8, 4) is 0 Å². The fraction of sp³-hybridized carbons (Fsp3) is 0.375. The number of thiophene rings is 1. The van der Waals surface area contributed by atoms with Gasteiger partial charge in [0.05, 0.1) is 10.6 Å². The maximum absolute atomic E-state index is 11.7. The standard InChI is InChI=1S/C16H19N3O5S/c1-16(2,3)11-7-13(24-19-11)18-12(20)9-23-14(21)8-17-15(22)10-5-4-6-25-10/h4-7H,8-9H2,1-3H3,(H,17,22)(H,18,20). The summed E-state index contributed by atoms with van der Waals surface area (Å²) >= 11 is 1.26. The van der Waals surface area contributed by atoms with Crippen LogP contribution >= 0.6 is 11.3 Å². The van der Waals surface area contributed by atoms with E-state index in [1.54, 1.807) is 23.6 Å². The minimum absolute atomic E-state index is 0.178. The molecular weight excluding hydrogens is 346 g/mol. The van der Waals surface area contributed by atoms with E-state index in [1.165, 1.54) is 11.3 Å². The smallest absolute Gasteiger partial charge is 0.325 e. The number of aromatic nitrogens is 1. The number of nitrogens with zero attached hydrogens (tertiary/aromatic N) is 1. The van der Waals surface area contributed by atoms with Crippen LogP contribution in [0.3, 0.4) is 0 Å². The van der Waals surface area contributed by atoms with E-state index < -0.39 is 18.5 Å². The highest BCUT2D eigenvalue weighted by Crippen LogP contribution is 2.23. The Morgan fingerprint density at radius 3 is 2.68 bits per heavy atom. The summed E-state index contributed by atoms with van der Waals surface area (Å²) in [7, 11) is 0. The molecule has 0 bridgehead atoms. The first-order chi connectivity index (χ1) is 11.8. The molecule has 25 heavy (non-hydrogen) atoms. The maximum atomic E-state index is 11.7. The van der Waals surface area contributed by atoms with E-state index in [9.17, 15) is 14.4 Å². The van der Waals surface area contributed by atoms with Crippen molar-refractivity contribution in [1.82, 2.24) is 10.5 Å². The molecular formula is C16H19N3O5S. The van der Waals surface area contributed by atoms with Crippen molar-refractivity contribution in [1.29, 1.82) is 0 Å². The Labute approximate surface area is 148 Å². The molecule has 0 radical (unpaired) electrons. The van der Waals surface area contributed by atoms with Crippen LogP contribution in [0.15, 0.2) is 28.1 Å². The Morgan fingerprint density at radius 2 is 2.08 bits per heavy atom. The average Bonchev–Trinajstić information content (AvgIpc) is 3.21.